The molecule has 0 aromatic rings. The van der Waals surface area contributed by atoms with Gasteiger partial charge in [0.25, 0.3) is 0 Å². The molecule has 0 rings (SSSR count). The molecule has 0 aliphatic rings. The van der Waals surface area contributed by atoms with Gasteiger partial charge in [0.2, 0.25) is 0 Å². The van der Waals surface area contributed by atoms with Gasteiger partial charge in [0.05, 0.1) is 12.0 Å². The van der Waals surface area contributed by atoms with E-state index in [1.165, 1.54) is 0 Å². The number of rotatable bonds is 5. The summed E-state index contributed by atoms with van der Waals surface area (Å²) in [5.41, 5.74) is 0. The predicted octanol–water partition coefficient (Wildman–Crippen LogP) is 1.25. The van der Waals surface area contributed by atoms with E-state index in [0.717, 1.165) is 0 Å². The first kappa shape index (κ1) is 12.9. The van der Waals surface area contributed by atoms with Gasteiger partial charge in [0.1, 0.15) is 6.10 Å². The van der Waals surface area contributed by atoms with Crippen molar-refractivity contribution in [1.29, 1.82) is 5.26 Å². The molecule has 0 spiro atoms. The third-order valence-electron chi connectivity index (χ3n) is 2.53. The van der Waals surface area contributed by atoms with Gasteiger partial charge < -0.3 is 10.2 Å². The first-order valence-corrected chi connectivity index (χ1v) is 4.70. The zero-order chi connectivity index (χ0) is 11.3. The number of aliphatic hydroxyl groups is 1. The van der Waals surface area contributed by atoms with Crippen LogP contribution in [0.25, 0.3) is 0 Å². The van der Waals surface area contributed by atoms with E-state index in [1.807, 2.05) is 13.8 Å². The summed E-state index contributed by atoms with van der Waals surface area (Å²) in [5.74, 6) is -1.43. The van der Waals surface area contributed by atoms with Gasteiger partial charge in [-0.1, -0.05) is 20.8 Å². The number of nitrogens with zero attached hydrogens (tertiary/aromatic N) is 1. The smallest absolute Gasteiger partial charge is 0.306 e. The highest BCUT2D eigenvalue weighted by molar-refractivity contribution is 5.69. The molecular formula is C10H17NO3. The molecule has 0 aliphatic carbocycles. The molecule has 80 valence electrons. The molecule has 0 aromatic heterocycles. The molecule has 4 heteroatoms. The van der Waals surface area contributed by atoms with Crippen molar-refractivity contribution in [2.75, 3.05) is 0 Å². The maximum Gasteiger partial charge on any atom is 0.306 e. The second-order valence-electron chi connectivity index (χ2n) is 3.92. The van der Waals surface area contributed by atoms with Crippen LogP contribution in [0.4, 0.5) is 0 Å². The summed E-state index contributed by atoms with van der Waals surface area (Å²) in [6, 6.07) is 1.71. The van der Waals surface area contributed by atoms with Crippen LogP contribution in [-0.2, 0) is 4.79 Å². The average Bonchev–Trinajstić information content (AvgIpc) is 2.11. The topological polar surface area (TPSA) is 81.3 Å². The largest absolute Gasteiger partial charge is 0.481 e. The van der Waals surface area contributed by atoms with Crippen LogP contribution in [-0.4, -0.2) is 22.3 Å². The Morgan fingerprint density at radius 3 is 2.21 bits per heavy atom. The molecule has 0 amide bonds. The summed E-state index contributed by atoms with van der Waals surface area (Å²) in [4.78, 5) is 10.8. The van der Waals surface area contributed by atoms with Crippen LogP contribution >= 0.6 is 0 Å². The summed E-state index contributed by atoms with van der Waals surface area (Å²) in [5, 5.41) is 26.4. The molecular weight excluding hydrogens is 182 g/mol. The summed E-state index contributed by atoms with van der Waals surface area (Å²) >= 11 is 0. The molecule has 0 aliphatic heterocycles. The number of aliphatic carboxylic acids is 1. The minimum absolute atomic E-state index is 0.143. The van der Waals surface area contributed by atoms with E-state index >= 15 is 0 Å². The molecule has 0 aromatic carbocycles. The van der Waals surface area contributed by atoms with Gasteiger partial charge >= 0.3 is 5.97 Å². The van der Waals surface area contributed by atoms with Crippen molar-refractivity contribution in [2.24, 2.45) is 17.8 Å². The van der Waals surface area contributed by atoms with Crippen molar-refractivity contribution < 1.29 is 15.0 Å². The van der Waals surface area contributed by atoms with Crippen LogP contribution in [0.15, 0.2) is 0 Å². The molecule has 4 nitrogen and oxygen atoms in total. The lowest BCUT2D eigenvalue weighted by Gasteiger charge is -2.24. The maximum absolute atomic E-state index is 10.8. The van der Waals surface area contributed by atoms with Crippen molar-refractivity contribution in [1.82, 2.24) is 0 Å². The Balaban J connectivity index is 4.46. The molecule has 0 saturated heterocycles. The van der Waals surface area contributed by atoms with Gasteiger partial charge in [0.15, 0.2) is 0 Å². The Hall–Kier alpha value is -1.08. The summed E-state index contributed by atoms with van der Waals surface area (Å²) in [6.45, 7) is 5.40. The van der Waals surface area contributed by atoms with E-state index in [2.05, 4.69) is 0 Å². The second kappa shape index (κ2) is 5.61. The lowest BCUT2D eigenvalue weighted by atomic mass is 9.80. The van der Waals surface area contributed by atoms with E-state index in [1.54, 1.807) is 13.0 Å². The minimum atomic E-state index is -1.07. The highest BCUT2D eigenvalue weighted by Gasteiger charge is 2.28. The molecule has 0 heterocycles. The number of carboxylic acids is 1. The molecule has 0 bridgehead atoms. The first-order valence-electron chi connectivity index (χ1n) is 4.70. The van der Waals surface area contributed by atoms with Gasteiger partial charge in [-0.3, -0.25) is 4.79 Å². The van der Waals surface area contributed by atoms with E-state index < -0.39 is 18.0 Å². The summed E-state index contributed by atoms with van der Waals surface area (Å²) < 4.78 is 0. The lowest BCUT2D eigenvalue weighted by molar-refractivity contribution is -0.143. The average molecular weight is 199 g/mol. The summed E-state index contributed by atoms with van der Waals surface area (Å²) in [6.07, 6.45) is -0.842. The molecule has 2 N–H and O–H groups in total. The van der Waals surface area contributed by atoms with Crippen LogP contribution in [0.5, 0.6) is 0 Å². The molecule has 0 radical (unpaired) electrons. The van der Waals surface area contributed by atoms with Gasteiger partial charge in [-0.25, -0.2) is 0 Å². The number of aliphatic hydroxyl groups excluding tert-OH is 1. The second-order valence-corrected chi connectivity index (χ2v) is 3.92. The summed E-state index contributed by atoms with van der Waals surface area (Å²) in [7, 11) is 0. The highest BCUT2D eigenvalue weighted by atomic mass is 16.4. The SMILES string of the molecule is CC(C)[C@@H](CC(O)C#N)C(C)C(=O)O. The molecule has 14 heavy (non-hydrogen) atoms. The predicted molar refractivity (Wildman–Crippen MR) is 51.4 cm³/mol. The van der Waals surface area contributed by atoms with Crippen LogP contribution in [0.1, 0.15) is 27.2 Å². The molecule has 3 atom stereocenters. The van der Waals surface area contributed by atoms with Crippen molar-refractivity contribution in [2.45, 2.75) is 33.3 Å². The fourth-order valence-corrected chi connectivity index (χ4v) is 1.55. The third-order valence-corrected chi connectivity index (χ3v) is 2.53. The highest BCUT2D eigenvalue weighted by Crippen LogP contribution is 2.25. The fraction of sp³-hybridized carbons (Fsp3) is 0.800. The van der Waals surface area contributed by atoms with E-state index in [0.29, 0.717) is 0 Å². The maximum atomic E-state index is 10.8. The Kier molecular flexibility index (Phi) is 5.18. The Labute approximate surface area is 84.2 Å². The normalized spacial score (nSPS) is 17.1. The van der Waals surface area contributed by atoms with Crippen molar-refractivity contribution in [3.63, 3.8) is 0 Å². The Morgan fingerprint density at radius 1 is 1.43 bits per heavy atom. The van der Waals surface area contributed by atoms with E-state index in [-0.39, 0.29) is 18.3 Å². The van der Waals surface area contributed by atoms with Crippen LogP contribution < -0.4 is 0 Å². The quantitative estimate of drug-likeness (QED) is 0.653. The van der Waals surface area contributed by atoms with E-state index in [4.69, 9.17) is 15.5 Å². The van der Waals surface area contributed by atoms with Gasteiger partial charge in [0, 0.05) is 0 Å². The van der Waals surface area contributed by atoms with Crippen LogP contribution in [0.3, 0.4) is 0 Å². The van der Waals surface area contributed by atoms with Gasteiger partial charge in [-0.2, -0.15) is 5.26 Å². The molecule has 2 unspecified atom stereocenters. The zero-order valence-electron chi connectivity index (χ0n) is 8.77. The first-order chi connectivity index (χ1) is 6.40. The fourth-order valence-electron chi connectivity index (χ4n) is 1.55. The number of carboxylic acid groups (broad SMARTS) is 1. The zero-order valence-corrected chi connectivity index (χ0v) is 8.77. The van der Waals surface area contributed by atoms with Crippen molar-refractivity contribution in [3.05, 3.63) is 0 Å². The molecule has 0 fully saturated rings. The molecule has 0 saturated carbocycles. The number of hydrogen-bond acceptors (Lipinski definition) is 3. The Morgan fingerprint density at radius 2 is 1.93 bits per heavy atom. The van der Waals surface area contributed by atoms with Crippen LogP contribution in [0, 0.1) is 29.1 Å². The van der Waals surface area contributed by atoms with Gasteiger partial charge in [-0.05, 0) is 18.3 Å². The van der Waals surface area contributed by atoms with E-state index in [9.17, 15) is 4.79 Å². The minimum Gasteiger partial charge on any atom is -0.481 e. The van der Waals surface area contributed by atoms with Crippen molar-refractivity contribution >= 4 is 5.97 Å². The number of carbonyl (C=O) groups is 1. The van der Waals surface area contributed by atoms with Crippen molar-refractivity contribution in [3.8, 4) is 6.07 Å². The monoisotopic (exact) mass is 199 g/mol. The van der Waals surface area contributed by atoms with Crippen LogP contribution in [0.2, 0.25) is 0 Å². The number of nitriles is 1. The lowest BCUT2D eigenvalue weighted by Crippen LogP contribution is -2.28. The Bertz CT molecular complexity index is 232. The van der Waals surface area contributed by atoms with Gasteiger partial charge in [-0.15, -0.1) is 0 Å². The number of hydrogen-bond donors (Lipinski definition) is 2. The standard InChI is InChI=1S/C10H17NO3/c1-6(2)9(4-8(12)5-11)7(3)10(13)14/h6-9,12H,4H2,1-3H3,(H,13,14)/t7?,8?,9-/m1/s1. The third kappa shape index (κ3) is 3.75.